The van der Waals surface area contributed by atoms with E-state index in [0.29, 0.717) is 12.5 Å². The predicted molar refractivity (Wildman–Crippen MR) is 77.6 cm³/mol. The number of hydrogen-bond acceptors (Lipinski definition) is 2. The van der Waals surface area contributed by atoms with Crippen molar-refractivity contribution >= 4 is 5.91 Å². The van der Waals surface area contributed by atoms with Crippen LogP contribution in [0.5, 0.6) is 0 Å². The lowest BCUT2D eigenvalue weighted by Gasteiger charge is -2.36. The summed E-state index contributed by atoms with van der Waals surface area (Å²) in [7, 11) is 0. The van der Waals surface area contributed by atoms with Crippen molar-refractivity contribution in [3.8, 4) is 0 Å². The highest BCUT2D eigenvalue weighted by molar-refractivity contribution is 5.82. The zero-order valence-electron chi connectivity index (χ0n) is 12.2. The summed E-state index contributed by atoms with van der Waals surface area (Å²) >= 11 is 0. The van der Waals surface area contributed by atoms with E-state index in [-0.39, 0.29) is 17.1 Å². The highest BCUT2D eigenvalue weighted by atomic mass is 19.1. The molecule has 1 aromatic rings. The first kappa shape index (κ1) is 15.0. The maximum Gasteiger partial charge on any atom is 0.226 e. The highest BCUT2D eigenvalue weighted by Crippen LogP contribution is 2.31. The molecular weight excluding hydrogens is 255 g/mol. The van der Waals surface area contributed by atoms with E-state index in [1.165, 1.54) is 12.1 Å². The summed E-state index contributed by atoms with van der Waals surface area (Å²) in [5, 5.41) is 6.32. The van der Waals surface area contributed by atoms with Crippen LogP contribution in [0.25, 0.3) is 0 Å². The van der Waals surface area contributed by atoms with Crippen molar-refractivity contribution in [2.75, 3.05) is 13.1 Å². The Morgan fingerprint density at radius 1 is 1.40 bits per heavy atom. The normalized spacial score (nSPS) is 19.6. The smallest absolute Gasteiger partial charge is 0.226 e. The van der Waals surface area contributed by atoms with Gasteiger partial charge in [-0.15, -0.1) is 0 Å². The Bertz CT molecular complexity index is 450. The molecule has 110 valence electrons. The Labute approximate surface area is 120 Å². The topological polar surface area (TPSA) is 41.1 Å². The molecule has 1 aliphatic rings. The third kappa shape index (κ3) is 3.57. The van der Waals surface area contributed by atoms with Crippen LogP contribution in [0, 0.1) is 17.2 Å². The molecule has 1 heterocycles. The van der Waals surface area contributed by atoms with Crippen molar-refractivity contribution in [3.05, 3.63) is 35.6 Å². The van der Waals surface area contributed by atoms with Crippen molar-refractivity contribution in [2.45, 2.75) is 33.2 Å². The second kappa shape index (κ2) is 6.35. The monoisotopic (exact) mass is 278 g/mol. The predicted octanol–water partition coefficient (Wildman–Crippen LogP) is 2.47. The molecular formula is C16H23FN2O. The molecule has 1 saturated heterocycles. The van der Waals surface area contributed by atoms with Crippen molar-refractivity contribution in [3.63, 3.8) is 0 Å². The summed E-state index contributed by atoms with van der Waals surface area (Å²) in [5.41, 5.74) is 0.533. The number of hydrogen-bond donors (Lipinski definition) is 2. The second-order valence-corrected chi connectivity index (χ2v) is 6.07. The van der Waals surface area contributed by atoms with E-state index >= 15 is 0 Å². The Morgan fingerprint density at radius 3 is 2.70 bits per heavy atom. The molecule has 0 bridgehead atoms. The fraction of sp³-hybridized carbons (Fsp3) is 0.562. The van der Waals surface area contributed by atoms with E-state index in [2.05, 4.69) is 10.6 Å². The van der Waals surface area contributed by atoms with Crippen LogP contribution in [-0.2, 0) is 11.3 Å². The molecule has 0 aromatic heterocycles. The minimum atomic E-state index is -0.381. The van der Waals surface area contributed by atoms with Crippen LogP contribution < -0.4 is 10.6 Å². The molecule has 0 saturated carbocycles. The summed E-state index contributed by atoms with van der Waals surface area (Å²) in [6, 6.07) is 6.23. The lowest BCUT2D eigenvalue weighted by atomic mass is 9.74. The highest BCUT2D eigenvalue weighted by Gasteiger charge is 2.36. The number of carbonyl (C=O) groups excluding carboxylic acids is 1. The summed E-state index contributed by atoms with van der Waals surface area (Å²) in [6.07, 6.45) is 2.21. The Balaban J connectivity index is 1.91. The molecule has 3 nitrogen and oxygen atoms in total. The molecule has 0 radical (unpaired) electrons. The molecule has 20 heavy (non-hydrogen) atoms. The van der Waals surface area contributed by atoms with Crippen LogP contribution in [0.1, 0.15) is 32.3 Å². The lowest BCUT2D eigenvalue weighted by molar-refractivity contribution is -0.132. The van der Waals surface area contributed by atoms with Gasteiger partial charge >= 0.3 is 0 Å². The number of piperidine rings is 1. The molecule has 0 spiro atoms. The molecule has 1 aromatic carbocycles. The van der Waals surface area contributed by atoms with Crippen molar-refractivity contribution in [1.82, 2.24) is 10.6 Å². The molecule has 1 unspecified atom stereocenters. The summed E-state index contributed by atoms with van der Waals surface area (Å²) in [5.74, 6) is 0.175. The van der Waals surface area contributed by atoms with E-state index in [1.807, 2.05) is 13.8 Å². The van der Waals surface area contributed by atoms with Crippen molar-refractivity contribution in [2.24, 2.45) is 11.3 Å². The van der Waals surface area contributed by atoms with Gasteiger partial charge in [-0.25, -0.2) is 4.39 Å². The number of carbonyl (C=O) groups is 1. The van der Waals surface area contributed by atoms with Gasteiger partial charge in [0.1, 0.15) is 5.82 Å². The summed E-state index contributed by atoms with van der Waals surface area (Å²) < 4.78 is 12.8. The molecule has 1 aliphatic heterocycles. The molecule has 0 aliphatic carbocycles. The van der Waals surface area contributed by atoms with Crippen molar-refractivity contribution < 1.29 is 9.18 Å². The first-order valence-electron chi connectivity index (χ1n) is 7.23. The van der Waals surface area contributed by atoms with Crippen LogP contribution in [0.4, 0.5) is 4.39 Å². The molecule has 2 N–H and O–H groups in total. The first-order valence-corrected chi connectivity index (χ1v) is 7.23. The van der Waals surface area contributed by atoms with Crippen LogP contribution in [0.2, 0.25) is 0 Å². The van der Waals surface area contributed by atoms with E-state index in [4.69, 9.17) is 0 Å². The maximum atomic E-state index is 12.8. The quantitative estimate of drug-likeness (QED) is 0.888. The van der Waals surface area contributed by atoms with Gasteiger partial charge in [0, 0.05) is 12.0 Å². The Morgan fingerprint density at radius 2 is 2.10 bits per heavy atom. The van der Waals surface area contributed by atoms with Gasteiger partial charge in [-0.3, -0.25) is 4.79 Å². The SMILES string of the molecule is CC(C)(C(=O)NCc1ccc(F)cc1)C1CCCNC1. The molecule has 4 heteroatoms. The number of halogens is 1. The van der Waals surface area contributed by atoms with Gasteiger partial charge in [-0.2, -0.15) is 0 Å². The molecule has 1 amide bonds. The Hall–Kier alpha value is -1.42. The zero-order chi connectivity index (χ0) is 14.6. The molecule has 1 atom stereocenters. The van der Waals surface area contributed by atoms with Gasteiger partial charge in [-0.1, -0.05) is 26.0 Å². The van der Waals surface area contributed by atoms with Gasteiger partial charge < -0.3 is 10.6 Å². The molecule has 2 rings (SSSR count). The standard InChI is InChI=1S/C16H23FN2O/c1-16(2,13-4-3-9-18-11-13)15(20)19-10-12-5-7-14(17)8-6-12/h5-8,13,18H,3-4,9-11H2,1-2H3,(H,19,20). The number of benzene rings is 1. The first-order chi connectivity index (χ1) is 9.50. The van der Waals surface area contributed by atoms with Crippen LogP contribution in [0.15, 0.2) is 24.3 Å². The number of rotatable bonds is 4. The van der Waals surface area contributed by atoms with Crippen LogP contribution in [0.3, 0.4) is 0 Å². The van der Waals surface area contributed by atoms with Gasteiger partial charge in [0.15, 0.2) is 0 Å². The number of nitrogens with one attached hydrogen (secondary N) is 2. The van der Waals surface area contributed by atoms with Gasteiger partial charge in [-0.05, 0) is 49.5 Å². The average Bonchev–Trinajstić information content (AvgIpc) is 2.47. The van der Waals surface area contributed by atoms with E-state index in [9.17, 15) is 9.18 Å². The minimum Gasteiger partial charge on any atom is -0.352 e. The summed E-state index contributed by atoms with van der Waals surface area (Å²) in [4.78, 5) is 12.4. The van der Waals surface area contributed by atoms with Gasteiger partial charge in [0.2, 0.25) is 5.91 Å². The van der Waals surface area contributed by atoms with E-state index in [0.717, 1.165) is 31.5 Å². The lowest BCUT2D eigenvalue weighted by Crippen LogP contribution is -2.47. The van der Waals surface area contributed by atoms with Crippen LogP contribution >= 0.6 is 0 Å². The van der Waals surface area contributed by atoms with Crippen molar-refractivity contribution in [1.29, 1.82) is 0 Å². The Kier molecular flexibility index (Phi) is 4.76. The van der Waals surface area contributed by atoms with E-state index < -0.39 is 0 Å². The maximum absolute atomic E-state index is 12.8. The number of amides is 1. The molecule has 1 fully saturated rings. The third-order valence-corrected chi connectivity index (χ3v) is 4.27. The largest absolute Gasteiger partial charge is 0.352 e. The summed E-state index contributed by atoms with van der Waals surface area (Å²) in [6.45, 7) is 6.40. The second-order valence-electron chi connectivity index (χ2n) is 6.07. The zero-order valence-corrected chi connectivity index (χ0v) is 12.2. The third-order valence-electron chi connectivity index (χ3n) is 4.27. The van der Waals surface area contributed by atoms with Gasteiger partial charge in [0.05, 0.1) is 0 Å². The average molecular weight is 278 g/mol. The fourth-order valence-electron chi connectivity index (χ4n) is 2.67. The minimum absolute atomic E-state index is 0.0653. The fourth-order valence-corrected chi connectivity index (χ4v) is 2.67. The van der Waals surface area contributed by atoms with E-state index in [1.54, 1.807) is 12.1 Å². The van der Waals surface area contributed by atoms with Gasteiger partial charge in [0.25, 0.3) is 0 Å². The van der Waals surface area contributed by atoms with Crippen LogP contribution in [-0.4, -0.2) is 19.0 Å².